The molecule has 0 bridgehead atoms. The molecule has 0 spiro atoms. The molecule has 0 saturated heterocycles. The molecule has 2 aromatic carbocycles. The van der Waals surface area contributed by atoms with Crippen LogP contribution in [0.2, 0.25) is 0 Å². The molecule has 31 heavy (non-hydrogen) atoms. The van der Waals surface area contributed by atoms with Gasteiger partial charge in [0.25, 0.3) is 0 Å². The summed E-state index contributed by atoms with van der Waals surface area (Å²) in [5.74, 6) is -1.40. The third-order valence-electron chi connectivity index (χ3n) is 5.31. The Balaban J connectivity index is 1.99. The molecule has 1 aliphatic rings. The van der Waals surface area contributed by atoms with E-state index in [0.29, 0.717) is 10.6 Å². The van der Waals surface area contributed by atoms with Crippen LogP contribution < -0.4 is 4.74 Å². The van der Waals surface area contributed by atoms with Crippen LogP contribution in [0.15, 0.2) is 64.9 Å². The Morgan fingerprint density at radius 2 is 1.77 bits per heavy atom. The number of allylic oxidation sites excluding steroid dienone is 3. The number of methoxy groups -OCH3 is 1. The molecule has 0 heterocycles. The number of carbonyl (C=O) groups excluding carboxylic acids is 2. The smallest absolute Gasteiger partial charge is 0.324 e. The topological polar surface area (TPSA) is 78.9 Å². The van der Waals surface area contributed by atoms with Crippen LogP contribution in [0.5, 0.6) is 5.75 Å². The minimum absolute atomic E-state index is 0.148. The van der Waals surface area contributed by atoms with E-state index in [0.717, 1.165) is 10.8 Å². The van der Waals surface area contributed by atoms with Crippen molar-refractivity contribution in [2.45, 2.75) is 25.2 Å². The average molecular weight is 443 g/mol. The highest BCUT2D eigenvalue weighted by Gasteiger charge is 2.54. The first-order chi connectivity index (χ1) is 15.0. The van der Waals surface area contributed by atoms with Crippen LogP contribution in [-0.4, -0.2) is 36.5 Å². The van der Waals surface area contributed by atoms with Crippen molar-refractivity contribution in [1.29, 1.82) is 0 Å². The summed E-state index contributed by atoms with van der Waals surface area (Å²) in [4.78, 5) is 26.1. The van der Waals surface area contributed by atoms with E-state index in [4.69, 9.17) is 14.2 Å². The van der Waals surface area contributed by atoms with Crippen molar-refractivity contribution >= 4 is 33.5 Å². The van der Waals surface area contributed by atoms with Gasteiger partial charge in [-0.1, -0.05) is 48.6 Å². The highest BCUT2D eigenvalue weighted by molar-refractivity contribution is 7.88. The first kappa shape index (κ1) is 22.7. The minimum Gasteiger partial charge on any atom is -0.495 e. The van der Waals surface area contributed by atoms with E-state index in [1.54, 1.807) is 38.1 Å². The number of hydrogen-bond acceptors (Lipinski definition) is 6. The van der Waals surface area contributed by atoms with Crippen LogP contribution in [0.25, 0.3) is 10.8 Å². The molecule has 0 fully saturated rings. The van der Waals surface area contributed by atoms with Gasteiger partial charge in [0.15, 0.2) is 5.41 Å². The molecule has 164 valence electrons. The lowest BCUT2D eigenvalue weighted by Crippen LogP contribution is -2.44. The van der Waals surface area contributed by atoms with Gasteiger partial charge in [-0.15, -0.1) is 0 Å². The van der Waals surface area contributed by atoms with Crippen LogP contribution >= 0.6 is 0 Å². The number of rotatable bonds is 8. The second-order valence-corrected chi connectivity index (χ2v) is 8.29. The molecule has 2 aromatic rings. The van der Waals surface area contributed by atoms with Gasteiger partial charge in [0.05, 0.1) is 36.0 Å². The molecule has 2 atom stereocenters. The van der Waals surface area contributed by atoms with E-state index in [1.807, 2.05) is 30.3 Å². The zero-order valence-electron chi connectivity index (χ0n) is 17.8. The van der Waals surface area contributed by atoms with Crippen molar-refractivity contribution in [1.82, 2.24) is 0 Å². The van der Waals surface area contributed by atoms with Gasteiger partial charge >= 0.3 is 11.9 Å². The molecular formula is C24H26O6S. The molecule has 0 radical (unpaired) electrons. The second-order valence-electron chi connectivity index (χ2n) is 7.01. The van der Waals surface area contributed by atoms with Crippen LogP contribution in [0.1, 0.15) is 20.3 Å². The fraction of sp³-hybridized carbons (Fsp3) is 0.333. The van der Waals surface area contributed by atoms with Crippen molar-refractivity contribution in [2.24, 2.45) is 11.3 Å². The molecule has 0 N–H and O–H groups in total. The van der Waals surface area contributed by atoms with Gasteiger partial charge < -0.3 is 14.2 Å². The Bertz CT molecular complexity index is 1040. The zero-order chi connectivity index (χ0) is 22.4. The highest BCUT2D eigenvalue weighted by atomic mass is 32.2. The summed E-state index contributed by atoms with van der Waals surface area (Å²) in [5.41, 5.74) is -1.50. The van der Waals surface area contributed by atoms with Gasteiger partial charge in [-0.3, -0.25) is 9.59 Å². The zero-order valence-corrected chi connectivity index (χ0v) is 18.6. The Morgan fingerprint density at radius 1 is 1.10 bits per heavy atom. The molecule has 1 unspecified atom stereocenters. The van der Waals surface area contributed by atoms with E-state index in [-0.39, 0.29) is 19.6 Å². The van der Waals surface area contributed by atoms with Crippen molar-refractivity contribution < 1.29 is 28.0 Å². The quantitative estimate of drug-likeness (QED) is 0.347. The van der Waals surface area contributed by atoms with Crippen LogP contribution in [0.4, 0.5) is 0 Å². The number of ether oxygens (including phenoxy) is 3. The number of fused-ring (bicyclic) bond motifs is 1. The van der Waals surface area contributed by atoms with Crippen molar-refractivity contribution in [3.05, 3.63) is 60.0 Å². The maximum atomic E-state index is 13.3. The average Bonchev–Trinajstić information content (AvgIpc) is 3.22. The van der Waals surface area contributed by atoms with Crippen molar-refractivity contribution in [3.63, 3.8) is 0 Å². The van der Waals surface area contributed by atoms with Gasteiger partial charge in [0.1, 0.15) is 5.75 Å². The Kier molecular flexibility index (Phi) is 7.28. The lowest BCUT2D eigenvalue weighted by molar-refractivity contribution is -0.173. The second kappa shape index (κ2) is 9.92. The lowest BCUT2D eigenvalue weighted by Gasteiger charge is -2.29. The molecule has 0 saturated carbocycles. The maximum absolute atomic E-state index is 13.3. The molecular weight excluding hydrogens is 416 g/mol. The first-order valence-electron chi connectivity index (χ1n) is 10.1. The number of esters is 2. The van der Waals surface area contributed by atoms with E-state index in [1.165, 1.54) is 12.5 Å². The normalized spacial score (nSPS) is 18.2. The SMILES string of the molecule is CCOC(=O)C1(C(=O)OCC)CC=C[C@H]1/C=C\S(=O)c1c(OC)ccc2ccccc12. The molecule has 0 amide bonds. The van der Waals surface area contributed by atoms with Crippen molar-refractivity contribution in [2.75, 3.05) is 20.3 Å². The summed E-state index contributed by atoms with van der Waals surface area (Å²) in [6, 6.07) is 11.3. The van der Waals surface area contributed by atoms with E-state index in [2.05, 4.69) is 0 Å². The molecule has 0 aliphatic heterocycles. The molecule has 7 heteroatoms. The number of carbonyl (C=O) groups is 2. The minimum atomic E-state index is -1.58. The summed E-state index contributed by atoms with van der Waals surface area (Å²) in [6.07, 6.45) is 5.30. The van der Waals surface area contributed by atoms with Gasteiger partial charge in [-0.25, -0.2) is 4.21 Å². The Hall–Kier alpha value is -2.93. The maximum Gasteiger partial charge on any atom is 0.324 e. The monoisotopic (exact) mass is 442 g/mol. The van der Waals surface area contributed by atoms with Gasteiger partial charge in [-0.05, 0) is 31.7 Å². The van der Waals surface area contributed by atoms with Crippen LogP contribution in [0.3, 0.4) is 0 Å². The van der Waals surface area contributed by atoms with E-state index < -0.39 is 34.1 Å². The van der Waals surface area contributed by atoms with Gasteiger partial charge in [0.2, 0.25) is 0 Å². The van der Waals surface area contributed by atoms with Gasteiger partial charge in [-0.2, -0.15) is 0 Å². The molecule has 1 aliphatic carbocycles. The van der Waals surface area contributed by atoms with Crippen LogP contribution in [0, 0.1) is 11.3 Å². The fourth-order valence-electron chi connectivity index (χ4n) is 3.79. The predicted molar refractivity (Wildman–Crippen MR) is 119 cm³/mol. The lowest BCUT2D eigenvalue weighted by atomic mass is 9.77. The number of hydrogen-bond donors (Lipinski definition) is 0. The van der Waals surface area contributed by atoms with E-state index >= 15 is 0 Å². The highest BCUT2D eigenvalue weighted by Crippen LogP contribution is 2.42. The first-order valence-corrected chi connectivity index (χ1v) is 11.4. The van der Waals surface area contributed by atoms with E-state index in [9.17, 15) is 13.8 Å². The van der Waals surface area contributed by atoms with Gasteiger partial charge in [0, 0.05) is 16.7 Å². The summed E-state index contributed by atoms with van der Waals surface area (Å²) in [7, 11) is -0.0477. The summed E-state index contributed by atoms with van der Waals surface area (Å²) < 4.78 is 29.1. The Labute approximate surface area is 184 Å². The molecule has 3 rings (SSSR count). The predicted octanol–water partition coefficient (Wildman–Crippen LogP) is 4.16. The van der Waals surface area contributed by atoms with Crippen LogP contribution in [-0.2, 0) is 29.9 Å². The Morgan fingerprint density at radius 3 is 2.42 bits per heavy atom. The summed E-state index contributed by atoms with van der Waals surface area (Å²) in [6.45, 7) is 3.67. The molecule has 6 nitrogen and oxygen atoms in total. The summed E-state index contributed by atoms with van der Waals surface area (Å²) in [5, 5.41) is 3.25. The largest absolute Gasteiger partial charge is 0.495 e. The fourth-order valence-corrected chi connectivity index (χ4v) is 4.99. The third kappa shape index (κ3) is 4.28. The number of benzene rings is 2. The third-order valence-corrected chi connectivity index (χ3v) is 6.53. The summed E-state index contributed by atoms with van der Waals surface area (Å²) >= 11 is 0. The standard InChI is InChI=1S/C24H26O6S/c1-4-29-22(25)24(23(26)30-5-2)15-8-10-18(24)14-16-31(27)21-19-11-7-6-9-17(19)12-13-20(21)28-3/h6-14,16,18H,4-5,15H2,1-3H3/b16-14-/t18-,31?/m0/s1. The molecule has 0 aromatic heterocycles. The van der Waals surface area contributed by atoms with Crippen molar-refractivity contribution in [3.8, 4) is 5.75 Å².